The van der Waals surface area contributed by atoms with Crippen LogP contribution < -0.4 is 0 Å². The van der Waals surface area contributed by atoms with Gasteiger partial charge >= 0.3 is 0 Å². The third-order valence-electron chi connectivity index (χ3n) is 5.61. The second-order valence-electron chi connectivity index (χ2n) is 7.17. The van der Waals surface area contributed by atoms with Gasteiger partial charge in [0.25, 0.3) is 0 Å². The normalized spacial score (nSPS) is 37.5. The van der Waals surface area contributed by atoms with Crippen LogP contribution in [0.3, 0.4) is 0 Å². The Labute approximate surface area is 128 Å². The van der Waals surface area contributed by atoms with Crippen molar-refractivity contribution in [1.29, 1.82) is 0 Å². The van der Waals surface area contributed by atoms with Gasteiger partial charge in [0.05, 0.1) is 0 Å². The van der Waals surface area contributed by atoms with Gasteiger partial charge in [-0.25, -0.2) is 0 Å². The molecule has 0 N–H and O–H groups in total. The van der Waals surface area contributed by atoms with Gasteiger partial charge in [-0.15, -0.1) is 0 Å². The van der Waals surface area contributed by atoms with Crippen molar-refractivity contribution in [3.8, 4) is 0 Å². The van der Waals surface area contributed by atoms with Crippen LogP contribution in [0.4, 0.5) is 0 Å². The molecule has 0 aliphatic heterocycles. The van der Waals surface area contributed by atoms with E-state index in [1.54, 1.807) is 11.1 Å². The Morgan fingerprint density at radius 2 is 1.62 bits per heavy atom. The minimum Gasteiger partial charge on any atom is -0.0854 e. The van der Waals surface area contributed by atoms with Crippen molar-refractivity contribution in [1.82, 2.24) is 0 Å². The third-order valence-corrected chi connectivity index (χ3v) is 5.61. The predicted octanol–water partition coefficient (Wildman–Crippen LogP) is 5.49. The lowest BCUT2D eigenvalue weighted by atomic mass is 9.73. The lowest BCUT2D eigenvalue weighted by molar-refractivity contribution is 0.370. The molecule has 21 heavy (non-hydrogen) atoms. The lowest BCUT2D eigenvalue weighted by Gasteiger charge is -2.32. The topological polar surface area (TPSA) is 0 Å². The van der Waals surface area contributed by atoms with Crippen molar-refractivity contribution >= 4 is 5.57 Å². The summed E-state index contributed by atoms with van der Waals surface area (Å²) in [6.07, 6.45) is 12.4. The van der Waals surface area contributed by atoms with E-state index in [0.29, 0.717) is 5.92 Å². The highest BCUT2D eigenvalue weighted by atomic mass is 14.5. The van der Waals surface area contributed by atoms with Crippen LogP contribution >= 0.6 is 0 Å². The van der Waals surface area contributed by atoms with E-state index in [0.717, 1.165) is 23.7 Å². The summed E-state index contributed by atoms with van der Waals surface area (Å²) in [4.78, 5) is 0. The van der Waals surface area contributed by atoms with Crippen LogP contribution in [0.5, 0.6) is 0 Å². The van der Waals surface area contributed by atoms with E-state index < -0.39 is 0 Å². The number of hydrogen-bond donors (Lipinski definition) is 0. The monoisotopic (exact) mass is 276 g/mol. The number of rotatable bonds is 2. The number of allylic oxidation sites excluding steroid dienone is 6. The predicted molar refractivity (Wildman–Crippen MR) is 89.7 cm³/mol. The van der Waals surface area contributed by atoms with Crippen molar-refractivity contribution in [3.63, 3.8) is 0 Å². The van der Waals surface area contributed by atoms with Gasteiger partial charge < -0.3 is 0 Å². The number of fused-ring (bicyclic) bond motifs is 1. The van der Waals surface area contributed by atoms with E-state index in [1.165, 1.54) is 18.4 Å². The van der Waals surface area contributed by atoms with Gasteiger partial charge in [-0.05, 0) is 53.6 Å². The standard InChI is InChI=1S/C21H24/c1-14-8-9-15(2)19(12-14)18-11-10-17(20-13-21(18)20)16-6-4-3-5-7-16/h3-11,14-15,19-21H,12-13H2,1-2H3. The SMILES string of the molecule is CC1C=CC(C)C(C2=CC=C(c3ccccc3)C3CC23)C1. The summed E-state index contributed by atoms with van der Waals surface area (Å²) in [5.74, 6) is 3.84. The van der Waals surface area contributed by atoms with Crippen molar-refractivity contribution in [2.75, 3.05) is 0 Å². The summed E-state index contributed by atoms with van der Waals surface area (Å²) in [5.41, 5.74) is 4.73. The first-order chi connectivity index (χ1) is 10.2. The zero-order valence-electron chi connectivity index (χ0n) is 13.0. The molecule has 0 radical (unpaired) electrons. The Bertz CT molecular complexity index is 617. The molecule has 1 aromatic carbocycles. The van der Waals surface area contributed by atoms with Crippen molar-refractivity contribution in [2.24, 2.45) is 29.6 Å². The van der Waals surface area contributed by atoms with Crippen molar-refractivity contribution in [3.05, 3.63) is 65.8 Å². The van der Waals surface area contributed by atoms with Crippen LogP contribution in [0.1, 0.15) is 32.3 Å². The Morgan fingerprint density at radius 3 is 2.43 bits per heavy atom. The molecular formula is C21H24. The van der Waals surface area contributed by atoms with Crippen LogP contribution in [0, 0.1) is 29.6 Å². The van der Waals surface area contributed by atoms with Gasteiger partial charge in [0.2, 0.25) is 0 Å². The smallest absolute Gasteiger partial charge is 0.00840 e. The maximum absolute atomic E-state index is 2.46. The zero-order valence-corrected chi connectivity index (χ0v) is 13.0. The molecule has 108 valence electrons. The molecule has 3 aliphatic carbocycles. The minimum atomic E-state index is 0.709. The van der Waals surface area contributed by atoms with Crippen LogP contribution in [-0.2, 0) is 0 Å². The molecule has 1 aromatic rings. The molecule has 1 saturated carbocycles. The summed E-state index contributed by atoms with van der Waals surface area (Å²) in [6, 6.07) is 10.9. The molecule has 0 spiro atoms. The van der Waals surface area contributed by atoms with Gasteiger partial charge in [-0.1, -0.05) is 74.1 Å². The molecule has 0 nitrogen and oxygen atoms in total. The Hall–Kier alpha value is -1.56. The highest BCUT2D eigenvalue weighted by Gasteiger charge is 2.46. The zero-order chi connectivity index (χ0) is 14.4. The Kier molecular flexibility index (Phi) is 3.14. The molecular weight excluding hydrogens is 252 g/mol. The molecule has 0 bridgehead atoms. The first-order valence-electron chi connectivity index (χ1n) is 8.39. The second-order valence-corrected chi connectivity index (χ2v) is 7.17. The third kappa shape index (κ3) is 2.31. The maximum Gasteiger partial charge on any atom is -0.00840 e. The maximum atomic E-state index is 2.46. The summed E-state index contributed by atoms with van der Waals surface area (Å²) in [6.45, 7) is 4.75. The summed E-state index contributed by atoms with van der Waals surface area (Å²) in [7, 11) is 0. The van der Waals surface area contributed by atoms with E-state index in [1.807, 2.05) is 0 Å². The highest BCUT2D eigenvalue weighted by Crippen LogP contribution is 2.57. The largest absolute Gasteiger partial charge is 0.0854 e. The number of benzene rings is 1. The van der Waals surface area contributed by atoms with E-state index in [-0.39, 0.29) is 0 Å². The molecule has 0 saturated heterocycles. The van der Waals surface area contributed by atoms with Gasteiger partial charge in [0.15, 0.2) is 0 Å². The fourth-order valence-corrected chi connectivity index (χ4v) is 4.31. The number of hydrogen-bond acceptors (Lipinski definition) is 0. The molecule has 5 atom stereocenters. The molecule has 4 rings (SSSR count). The van der Waals surface area contributed by atoms with Crippen LogP contribution in [0.25, 0.3) is 5.57 Å². The van der Waals surface area contributed by atoms with Crippen molar-refractivity contribution < 1.29 is 0 Å². The Morgan fingerprint density at radius 1 is 0.810 bits per heavy atom. The summed E-state index contributed by atoms with van der Waals surface area (Å²) >= 11 is 0. The minimum absolute atomic E-state index is 0.709. The first kappa shape index (κ1) is 13.1. The van der Waals surface area contributed by atoms with E-state index >= 15 is 0 Å². The van der Waals surface area contributed by atoms with Crippen LogP contribution in [-0.4, -0.2) is 0 Å². The fourth-order valence-electron chi connectivity index (χ4n) is 4.31. The molecule has 0 heterocycles. The summed E-state index contributed by atoms with van der Waals surface area (Å²) < 4.78 is 0. The van der Waals surface area contributed by atoms with E-state index in [4.69, 9.17) is 0 Å². The van der Waals surface area contributed by atoms with Gasteiger partial charge in [-0.3, -0.25) is 0 Å². The quantitative estimate of drug-likeness (QED) is 0.626. The van der Waals surface area contributed by atoms with Gasteiger partial charge in [0, 0.05) is 0 Å². The fraction of sp³-hybridized carbons (Fsp3) is 0.429. The lowest BCUT2D eigenvalue weighted by Crippen LogP contribution is -2.21. The second kappa shape index (κ2) is 5.02. The highest BCUT2D eigenvalue weighted by molar-refractivity contribution is 5.74. The molecule has 5 unspecified atom stereocenters. The molecule has 1 fully saturated rings. The van der Waals surface area contributed by atoms with Gasteiger partial charge in [0.1, 0.15) is 0 Å². The van der Waals surface area contributed by atoms with Crippen molar-refractivity contribution in [2.45, 2.75) is 26.7 Å². The average Bonchev–Trinajstić information content (AvgIpc) is 3.30. The molecule has 0 amide bonds. The summed E-state index contributed by atoms with van der Waals surface area (Å²) in [5, 5.41) is 0. The first-order valence-corrected chi connectivity index (χ1v) is 8.39. The average molecular weight is 276 g/mol. The van der Waals surface area contributed by atoms with E-state index in [9.17, 15) is 0 Å². The van der Waals surface area contributed by atoms with Gasteiger partial charge in [-0.2, -0.15) is 0 Å². The molecule has 3 aliphatic rings. The van der Waals surface area contributed by atoms with E-state index in [2.05, 4.69) is 68.5 Å². The van der Waals surface area contributed by atoms with Crippen LogP contribution in [0.15, 0.2) is 60.2 Å². The van der Waals surface area contributed by atoms with Crippen LogP contribution in [0.2, 0.25) is 0 Å². The molecule has 0 heteroatoms. The Balaban J connectivity index is 1.64. The molecule has 0 aromatic heterocycles.